The fourth-order valence-corrected chi connectivity index (χ4v) is 2.02. The van der Waals surface area contributed by atoms with Gasteiger partial charge in [-0.15, -0.1) is 0 Å². The highest BCUT2D eigenvalue weighted by Crippen LogP contribution is 2.39. The van der Waals surface area contributed by atoms with Crippen LogP contribution in [0, 0.1) is 11.8 Å². The van der Waals surface area contributed by atoms with E-state index in [-0.39, 0.29) is 31.4 Å². The van der Waals surface area contributed by atoms with E-state index in [1.54, 1.807) is 0 Å². The summed E-state index contributed by atoms with van der Waals surface area (Å²) in [5.41, 5.74) is 5.57. The molecule has 0 aromatic carbocycles. The molecule has 0 aromatic heterocycles. The molecule has 0 unspecified atom stereocenters. The number of aliphatic hydroxyl groups excluding tert-OH is 1. The summed E-state index contributed by atoms with van der Waals surface area (Å²) in [4.78, 5) is 0. The average Bonchev–Trinajstić information content (AvgIpc) is 2.15. The lowest BCUT2D eigenvalue weighted by molar-refractivity contribution is -0.184. The van der Waals surface area contributed by atoms with Crippen LogP contribution in [-0.4, -0.2) is 23.9 Å². The first-order valence-electron chi connectivity index (χ1n) is 4.88. The van der Waals surface area contributed by atoms with Gasteiger partial charge in [0.2, 0.25) is 0 Å². The smallest absolute Gasteiger partial charge is 0.391 e. The molecule has 3 N–H and O–H groups in total. The van der Waals surface area contributed by atoms with Crippen molar-refractivity contribution in [1.29, 1.82) is 0 Å². The molecule has 0 aromatic rings. The minimum atomic E-state index is -4.06. The van der Waals surface area contributed by atoms with Crippen molar-refractivity contribution in [1.82, 2.24) is 0 Å². The van der Waals surface area contributed by atoms with E-state index in [2.05, 4.69) is 0 Å². The van der Waals surface area contributed by atoms with Gasteiger partial charge in [-0.05, 0) is 31.6 Å². The second-order valence-electron chi connectivity index (χ2n) is 4.00. The van der Waals surface area contributed by atoms with Crippen LogP contribution in [0.4, 0.5) is 13.2 Å². The number of halogens is 3. The monoisotopic (exact) mass is 211 g/mol. The number of aliphatic hydroxyl groups is 1. The van der Waals surface area contributed by atoms with Crippen LogP contribution in [0.3, 0.4) is 0 Å². The standard InChI is InChI=1S/C9H16F3NO/c10-9(11,12)7-3-1-6(2-4-7)8(13)5-14/h6-8,14H,1-5,13H2/t6?,7?,8-/m0/s1. The minimum Gasteiger partial charge on any atom is -0.395 e. The largest absolute Gasteiger partial charge is 0.395 e. The van der Waals surface area contributed by atoms with Crippen molar-refractivity contribution >= 4 is 0 Å². The van der Waals surface area contributed by atoms with E-state index in [1.165, 1.54) is 0 Å². The Morgan fingerprint density at radius 1 is 1.21 bits per heavy atom. The maximum Gasteiger partial charge on any atom is 0.391 e. The molecular formula is C9H16F3NO. The van der Waals surface area contributed by atoms with Gasteiger partial charge in [0.05, 0.1) is 12.5 Å². The highest BCUT2D eigenvalue weighted by atomic mass is 19.4. The third kappa shape index (κ3) is 2.85. The molecule has 14 heavy (non-hydrogen) atoms. The Balaban J connectivity index is 2.39. The fourth-order valence-electron chi connectivity index (χ4n) is 2.02. The third-order valence-corrected chi connectivity index (χ3v) is 3.05. The molecule has 1 aliphatic rings. The van der Waals surface area contributed by atoms with Gasteiger partial charge < -0.3 is 10.8 Å². The van der Waals surface area contributed by atoms with Crippen molar-refractivity contribution in [3.63, 3.8) is 0 Å². The van der Waals surface area contributed by atoms with Gasteiger partial charge in [-0.1, -0.05) is 0 Å². The maximum absolute atomic E-state index is 12.3. The van der Waals surface area contributed by atoms with Gasteiger partial charge in [-0.2, -0.15) is 13.2 Å². The summed E-state index contributed by atoms with van der Waals surface area (Å²) in [6.45, 7) is -0.138. The van der Waals surface area contributed by atoms with Gasteiger partial charge in [0.15, 0.2) is 0 Å². The molecule has 0 spiro atoms. The Morgan fingerprint density at radius 3 is 2.07 bits per heavy atom. The van der Waals surface area contributed by atoms with Crippen molar-refractivity contribution in [2.45, 2.75) is 37.9 Å². The number of hydrogen-bond acceptors (Lipinski definition) is 2. The zero-order chi connectivity index (χ0) is 10.8. The summed E-state index contributed by atoms with van der Waals surface area (Å²) in [7, 11) is 0. The van der Waals surface area contributed by atoms with Gasteiger partial charge >= 0.3 is 6.18 Å². The van der Waals surface area contributed by atoms with E-state index in [9.17, 15) is 13.2 Å². The Bertz CT molecular complexity index is 175. The highest BCUT2D eigenvalue weighted by molar-refractivity contribution is 4.81. The van der Waals surface area contributed by atoms with E-state index < -0.39 is 12.1 Å². The van der Waals surface area contributed by atoms with Gasteiger partial charge in [0, 0.05) is 6.04 Å². The Labute approximate surface area is 81.3 Å². The first-order valence-corrected chi connectivity index (χ1v) is 4.88. The molecule has 5 heteroatoms. The number of nitrogens with two attached hydrogens (primary N) is 1. The third-order valence-electron chi connectivity index (χ3n) is 3.05. The van der Waals surface area contributed by atoms with E-state index in [1.807, 2.05) is 0 Å². The molecule has 0 radical (unpaired) electrons. The van der Waals surface area contributed by atoms with Gasteiger partial charge in [0.25, 0.3) is 0 Å². The van der Waals surface area contributed by atoms with E-state index in [0.29, 0.717) is 12.8 Å². The van der Waals surface area contributed by atoms with Crippen molar-refractivity contribution in [2.24, 2.45) is 17.6 Å². The van der Waals surface area contributed by atoms with Gasteiger partial charge in [-0.25, -0.2) is 0 Å². The molecule has 0 amide bonds. The van der Waals surface area contributed by atoms with Crippen LogP contribution in [0.15, 0.2) is 0 Å². The first kappa shape index (κ1) is 11.8. The molecule has 1 saturated carbocycles. The molecule has 1 rings (SSSR count). The van der Waals surface area contributed by atoms with Gasteiger partial charge in [0.1, 0.15) is 0 Å². The molecule has 0 aliphatic heterocycles. The van der Waals surface area contributed by atoms with Crippen molar-refractivity contribution in [3.8, 4) is 0 Å². The topological polar surface area (TPSA) is 46.2 Å². The van der Waals surface area contributed by atoms with Crippen LogP contribution in [0.1, 0.15) is 25.7 Å². The molecule has 0 heterocycles. The SMILES string of the molecule is N[C@@H](CO)C1CCC(C(F)(F)F)CC1. The van der Waals surface area contributed by atoms with Crippen LogP contribution in [0.5, 0.6) is 0 Å². The van der Waals surface area contributed by atoms with Crippen molar-refractivity contribution in [2.75, 3.05) is 6.61 Å². The lowest BCUT2D eigenvalue weighted by atomic mass is 9.78. The predicted octanol–water partition coefficient (Wildman–Crippen LogP) is 1.67. The number of hydrogen-bond donors (Lipinski definition) is 2. The Hall–Kier alpha value is -0.290. The minimum absolute atomic E-state index is 0.0543. The maximum atomic E-state index is 12.3. The quantitative estimate of drug-likeness (QED) is 0.729. The Kier molecular flexibility index (Phi) is 3.78. The molecule has 84 valence electrons. The van der Waals surface area contributed by atoms with E-state index >= 15 is 0 Å². The van der Waals surface area contributed by atoms with Crippen LogP contribution in [0.25, 0.3) is 0 Å². The fraction of sp³-hybridized carbons (Fsp3) is 1.00. The summed E-state index contributed by atoms with van der Waals surface area (Å²) in [5.74, 6) is -1.11. The van der Waals surface area contributed by atoms with E-state index in [0.717, 1.165) is 0 Å². The van der Waals surface area contributed by atoms with Crippen molar-refractivity contribution in [3.05, 3.63) is 0 Å². The molecule has 1 aliphatic carbocycles. The molecule has 1 fully saturated rings. The summed E-state index contributed by atoms with van der Waals surface area (Å²) >= 11 is 0. The summed E-state index contributed by atoms with van der Waals surface area (Å²) < 4.78 is 36.8. The highest BCUT2D eigenvalue weighted by Gasteiger charge is 2.41. The zero-order valence-corrected chi connectivity index (χ0v) is 7.93. The molecule has 0 bridgehead atoms. The molecule has 2 nitrogen and oxygen atoms in total. The van der Waals surface area contributed by atoms with Crippen LogP contribution >= 0.6 is 0 Å². The van der Waals surface area contributed by atoms with E-state index in [4.69, 9.17) is 10.8 Å². The molecule has 1 atom stereocenters. The van der Waals surface area contributed by atoms with Gasteiger partial charge in [-0.3, -0.25) is 0 Å². The summed E-state index contributed by atoms with van der Waals surface area (Å²) in [6, 6.07) is -0.357. The zero-order valence-electron chi connectivity index (χ0n) is 7.93. The number of alkyl halides is 3. The Morgan fingerprint density at radius 2 is 1.71 bits per heavy atom. The number of rotatable bonds is 2. The summed E-state index contributed by atoms with van der Waals surface area (Å²) in [6.07, 6.45) is -2.80. The predicted molar refractivity (Wildman–Crippen MR) is 46.6 cm³/mol. The second kappa shape index (κ2) is 4.49. The summed E-state index contributed by atoms with van der Waals surface area (Å²) in [5, 5.41) is 8.77. The lowest BCUT2D eigenvalue weighted by Gasteiger charge is -2.32. The lowest BCUT2D eigenvalue weighted by Crippen LogP contribution is -2.38. The average molecular weight is 211 g/mol. The second-order valence-corrected chi connectivity index (χ2v) is 4.00. The van der Waals surface area contributed by atoms with Crippen molar-refractivity contribution < 1.29 is 18.3 Å². The van der Waals surface area contributed by atoms with Crippen LogP contribution < -0.4 is 5.73 Å². The normalized spacial score (nSPS) is 31.5. The van der Waals surface area contributed by atoms with Crippen LogP contribution in [-0.2, 0) is 0 Å². The first-order chi connectivity index (χ1) is 6.45. The molecular weight excluding hydrogens is 195 g/mol. The molecule has 0 saturated heterocycles. The van der Waals surface area contributed by atoms with Crippen LogP contribution in [0.2, 0.25) is 0 Å².